The van der Waals surface area contributed by atoms with Crippen molar-refractivity contribution in [2.24, 2.45) is 0 Å². The molecule has 0 aliphatic carbocycles. The number of fused-ring (bicyclic) bond motifs is 1. The molecule has 2 amide bonds. The van der Waals surface area contributed by atoms with Crippen molar-refractivity contribution in [3.63, 3.8) is 0 Å². The van der Waals surface area contributed by atoms with E-state index in [0.29, 0.717) is 35.4 Å². The zero-order valence-electron chi connectivity index (χ0n) is 15.5. The van der Waals surface area contributed by atoms with Crippen LogP contribution in [0.25, 0.3) is 5.65 Å². The summed E-state index contributed by atoms with van der Waals surface area (Å²) in [5.74, 6) is -1.75. The molecule has 1 aliphatic heterocycles. The van der Waals surface area contributed by atoms with E-state index in [1.807, 2.05) is 0 Å². The molecule has 0 spiro atoms. The molecule has 0 bridgehead atoms. The van der Waals surface area contributed by atoms with Crippen LogP contribution in [0.1, 0.15) is 40.0 Å². The van der Waals surface area contributed by atoms with E-state index in [1.54, 1.807) is 42.7 Å². The molecule has 3 aromatic rings. The number of rotatable bonds is 4. The molecule has 9 nitrogen and oxygen atoms in total. The minimum atomic E-state index is -0.997. The fraction of sp³-hybridized carbons (Fsp3) is 0.250. The maximum atomic E-state index is 12.9. The molecule has 1 aromatic carbocycles. The van der Waals surface area contributed by atoms with E-state index in [-0.39, 0.29) is 5.91 Å². The molecular weight excluding hydrogens is 374 g/mol. The summed E-state index contributed by atoms with van der Waals surface area (Å²) in [5, 5.41) is 16.2. The minimum Gasteiger partial charge on any atom is -0.480 e. The smallest absolute Gasteiger partial charge is 0.326 e. The topological polar surface area (TPSA) is 117 Å². The molecule has 2 aromatic heterocycles. The Labute approximate surface area is 166 Å². The molecule has 9 heteroatoms. The lowest BCUT2D eigenvalue weighted by atomic mass is 10.0. The third-order valence-electron chi connectivity index (χ3n) is 4.94. The number of carboxylic acid groups (broad SMARTS) is 1. The number of nitrogens with one attached hydrogen (secondary N) is 1. The highest BCUT2D eigenvalue weighted by Gasteiger charge is 2.32. The highest BCUT2D eigenvalue weighted by Crippen LogP contribution is 2.22. The molecule has 1 unspecified atom stereocenters. The first-order chi connectivity index (χ1) is 14.0. The fourth-order valence-corrected chi connectivity index (χ4v) is 3.51. The summed E-state index contributed by atoms with van der Waals surface area (Å²) in [6, 6.07) is 7.37. The van der Waals surface area contributed by atoms with Gasteiger partial charge in [-0.25, -0.2) is 14.3 Å². The van der Waals surface area contributed by atoms with E-state index in [1.165, 1.54) is 15.6 Å². The molecule has 1 aliphatic rings. The van der Waals surface area contributed by atoms with Crippen molar-refractivity contribution < 1.29 is 19.5 Å². The molecular formula is C20H19N5O4. The number of aromatic nitrogens is 3. The lowest BCUT2D eigenvalue weighted by molar-refractivity contribution is -0.143. The highest BCUT2D eigenvalue weighted by molar-refractivity contribution is 6.08. The Morgan fingerprint density at radius 2 is 2.03 bits per heavy atom. The monoisotopic (exact) mass is 393 g/mol. The number of piperidine rings is 1. The van der Waals surface area contributed by atoms with Crippen molar-refractivity contribution in [2.75, 3.05) is 11.9 Å². The predicted octanol–water partition coefficient (Wildman–Crippen LogP) is 2.06. The van der Waals surface area contributed by atoms with E-state index in [9.17, 15) is 19.5 Å². The first kappa shape index (κ1) is 18.6. The van der Waals surface area contributed by atoms with Gasteiger partial charge in [0.05, 0.1) is 6.20 Å². The van der Waals surface area contributed by atoms with Crippen LogP contribution in [0.5, 0.6) is 0 Å². The number of aliphatic carboxylic acids is 1. The van der Waals surface area contributed by atoms with Crippen molar-refractivity contribution in [1.82, 2.24) is 19.5 Å². The number of likely N-dealkylation sites (tertiary alicyclic amines) is 1. The van der Waals surface area contributed by atoms with Gasteiger partial charge in [0.15, 0.2) is 5.65 Å². The van der Waals surface area contributed by atoms with Crippen LogP contribution in [0.3, 0.4) is 0 Å². The average Bonchev–Trinajstić information content (AvgIpc) is 3.18. The van der Waals surface area contributed by atoms with Crippen LogP contribution in [-0.2, 0) is 4.79 Å². The van der Waals surface area contributed by atoms with E-state index >= 15 is 0 Å². The van der Waals surface area contributed by atoms with Crippen molar-refractivity contribution in [1.29, 1.82) is 0 Å². The Hall–Kier alpha value is -3.75. The van der Waals surface area contributed by atoms with Crippen molar-refractivity contribution >= 4 is 29.1 Å². The van der Waals surface area contributed by atoms with E-state index in [2.05, 4.69) is 15.4 Å². The van der Waals surface area contributed by atoms with Gasteiger partial charge in [0.25, 0.3) is 11.8 Å². The standard InChI is InChI=1S/C20H19N5O4/c26-18(15-12-22-25-10-4-8-21-17(15)25)23-14-6-3-5-13(11-14)19(27)24-9-2-1-7-16(24)20(28)29/h3-6,8,10-12,16H,1-2,7,9H2,(H,23,26)(H,28,29). The maximum Gasteiger partial charge on any atom is 0.326 e. The number of anilines is 1. The minimum absolute atomic E-state index is 0.310. The van der Waals surface area contributed by atoms with E-state index in [0.717, 1.165) is 12.8 Å². The van der Waals surface area contributed by atoms with E-state index < -0.39 is 17.9 Å². The van der Waals surface area contributed by atoms with Crippen LogP contribution in [0.4, 0.5) is 5.69 Å². The zero-order chi connectivity index (χ0) is 20.4. The van der Waals surface area contributed by atoms with Crippen LogP contribution < -0.4 is 5.32 Å². The summed E-state index contributed by atoms with van der Waals surface area (Å²) in [6.07, 6.45) is 6.69. The average molecular weight is 393 g/mol. The number of hydrogen-bond acceptors (Lipinski definition) is 5. The first-order valence-corrected chi connectivity index (χ1v) is 9.28. The van der Waals surface area contributed by atoms with Gasteiger partial charge in [-0.15, -0.1) is 0 Å². The second kappa shape index (κ2) is 7.70. The lowest BCUT2D eigenvalue weighted by Gasteiger charge is -2.33. The third kappa shape index (κ3) is 3.66. The van der Waals surface area contributed by atoms with Gasteiger partial charge in [-0.05, 0) is 43.5 Å². The second-order valence-electron chi connectivity index (χ2n) is 6.83. The quantitative estimate of drug-likeness (QED) is 0.701. The Balaban J connectivity index is 1.55. The van der Waals surface area contributed by atoms with Crippen molar-refractivity contribution in [3.8, 4) is 0 Å². The summed E-state index contributed by atoms with van der Waals surface area (Å²) in [6.45, 7) is 0.403. The molecule has 0 radical (unpaired) electrons. The SMILES string of the molecule is O=C(Nc1cccc(C(=O)N2CCCCC2C(=O)O)c1)c1cnn2cccnc12. The first-order valence-electron chi connectivity index (χ1n) is 9.28. The Morgan fingerprint density at radius 1 is 1.17 bits per heavy atom. The molecule has 148 valence electrons. The van der Waals surface area contributed by atoms with Crippen LogP contribution in [-0.4, -0.2) is 55.0 Å². The lowest BCUT2D eigenvalue weighted by Crippen LogP contribution is -2.48. The third-order valence-corrected chi connectivity index (χ3v) is 4.94. The largest absolute Gasteiger partial charge is 0.480 e. The highest BCUT2D eigenvalue weighted by atomic mass is 16.4. The van der Waals surface area contributed by atoms with Gasteiger partial charge in [0, 0.05) is 30.2 Å². The number of carbonyl (C=O) groups excluding carboxylic acids is 2. The van der Waals surface area contributed by atoms with Gasteiger partial charge in [0.1, 0.15) is 11.6 Å². The molecule has 1 fully saturated rings. The Morgan fingerprint density at radius 3 is 2.86 bits per heavy atom. The Bertz CT molecular complexity index is 1090. The van der Waals surface area contributed by atoms with Crippen molar-refractivity contribution in [3.05, 3.63) is 60.0 Å². The second-order valence-corrected chi connectivity index (χ2v) is 6.83. The normalized spacial score (nSPS) is 16.6. The van der Waals surface area contributed by atoms with Gasteiger partial charge in [-0.1, -0.05) is 6.07 Å². The molecule has 1 saturated heterocycles. The molecule has 1 atom stereocenters. The van der Waals surface area contributed by atoms with Crippen LogP contribution in [0, 0.1) is 0 Å². The zero-order valence-corrected chi connectivity index (χ0v) is 15.5. The van der Waals surface area contributed by atoms with Crippen LogP contribution in [0.2, 0.25) is 0 Å². The maximum absolute atomic E-state index is 12.9. The Kier molecular flexibility index (Phi) is 4.94. The van der Waals surface area contributed by atoms with Crippen molar-refractivity contribution in [2.45, 2.75) is 25.3 Å². The number of nitrogens with zero attached hydrogens (tertiary/aromatic N) is 4. The summed E-state index contributed by atoms with van der Waals surface area (Å²) in [5.41, 5.74) is 1.49. The van der Waals surface area contributed by atoms with Gasteiger partial charge in [0.2, 0.25) is 0 Å². The summed E-state index contributed by atoms with van der Waals surface area (Å²) in [7, 11) is 0. The summed E-state index contributed by atoms with van der Waals surface area (Å²) < 4.78 is 1.50. The van der Waals surface area contributed by atoms with Crippen LogP contribution >= 0.6 is 0 Å². The van der Waals surface area contributed by atoms with Gasteiger partial charge < -0.3 is 15.3 Å². The fourth-order valence-electron chi connectivity index (χ4n) is 3.51. The number of hydrogen-bond donors (Lipinski definition) is 2. The summed E-state index contributed by atoms with van der Waals surface area (Å²) in [4.78, 5) is 42.6. The molecule has 4 rings (SSSR count). The number of amides is 2. The molecule has 0 saturated carbocycles. The van der Waals surface area contributed by atoms with Gasteiger partial charge >= 0.3 is 5.97 Å². The van der Waals surface area contributed by atoms with E-state index in [4.69, 9.17) is 0 Å². The molecule has 3 heterocycles. The van der Waals surface area contributed by atoms with Crippen LogP contribution in [0.15, 0.2) is 48.9 Å². The number of carbonyl (C=O) groups is 3. The summed E-state index contributed by atoms with van der Waals surface area (Å²) >= 11 is 0. The predicted molar refractivity (Wildman–Crippen MR) is 104 cm³/mol. The van der Waals surface area contributed by atoms with Gasteiger partial charge in [-0.2, -0.15) is 5.10 Å². The number of carboxylic acids is 1. The van der Waals surface area contributed by atoms with Gasteiger partial charge in [-0.3, -0.25) is 9.59 Å². The molecule has 29 heavy (non-hydrogen) atoms. The number of benzene rings is 1. The molecule has 2 N–H and O–H groups in total.